The van der Waals surface area contributed by atoms with Crippen molar-refractivity contribution in [1.29, 1.82) is 0 Å². The number of para-hydroxylation sites is 1. The van der Waals surface area contributed by atoms with E-state index in [1.165, 1.54) is 12.1 Å². The maximum absolute atomic E-state index is 13.3. The predicted molar refractivity (Wildman–Crippen MR) is 107 cm³/mol. The van der Waals surface area contributed by atoms with E-state index in [0.717, 1.165) is 28.3 Å². The zero-order valence-electron chi connectivity index (χ0n) is 14.8. The molecule has 1 heterocycles. The van der Waals surface area contributed by atoms with Gasteiger partial charge in [0.2, 0.25) is 0 Å². The number of hydrogen-bond donors (Lipinski definition) is 0. The molecule has 3 aromatic carbocycles. The summed E-state index contributed by atoms with van der Waals surface area (Å²) in [5, 5.41) is 7.50. The van der Waals surface area contributed by atoms with Crippen LogP contribution in [0.5, 0.6) is 5.75 Å². The molecule has 0 N–H and O–H groups in total. The molecule has 0 spiro atoms. The van der Waals surface area contributed by atoms with Gasteiger partial charge in [-0.1, -0.05) is 41.9 Å². The summed E-state index contributed by atoms with van der Waals surface area (Å²) in [7, 11) is 1.67. The van der Waals surface area contributed by atoms with Crippen LogP contribution < -0.4 is 9.75 Å². The summed E-state index contributed by atoms with van der Waals surface area (Å²) >= 11 is 6.05. The number of rotatable bonds is 4. The van der Waals surface area contributed by atoms with Crippen LogP contribution >= 0.6 is 11.6 Å². The smallest absolute Gasteiger partial charge is 0.124 e. The van der Waals surface area contributed by atoms with Crippen molar-refractivity contribution in [2.45, 2.75) is 12.5 Å². The number of hydrazone groups is 1. The summed E-state index contributed by atoms with van der Waals surface area (Å²) in [6.07, 6.45) is 0.689. The van der Waals surface area contributed by atoms with Gasteiger partial charge in [0.1, 0.15) is 11.6 Å². The molecule has 3 aromatic rings. The van der Waals surface area contributed by atoms with Crippen LogP contribution in [-0.2, 0) is 0 Å². The van der Waals surface area contributed by atoms with Crippen LogP contribution in [0.4, 0.5) is 10.1 Å². The number of ether oxygens (including phenoxy) is 1. The lowest BCUT2D eigenvalue weighted by Crippen LogP contribution is -2.19. The second-order valence-corrected chi connectivity index (χ2v) is 6.77. The Morgan fingerprint density at radius 1 is 1.00 bits per heavy atom. The van der Waals surface area contributed by atoms with Gasteiger partial charge in [-0.05, 0) is 48.0 Å². The van der Waals surface area contributed by atoms with Gasteiger partial charge in [0, 0.05) is 17.0 Å². The van der Waals surface area contributed by atoms with E-state index in [9.17, 15) is 4.39 Å². The average Bonchev–Trinajstić information content (AvgIpc) is 3.14. The van der Waals surface area contributed by atoms with Gasteiger partial charge in [-0.2, -0.15) is 5.10 Å². The minimum absolute atomic E-state index is 0.0256. The van der Waals surface area contributed by atoms with E-state index < -0.39 is 0 Å². The Balaban J connectivity index is 1.77. The Bertz CT molecular complexity index is 970. The molecule has 3 nitrogen and oxygen atoms in total. The molecule has 0 aliphatic carbocycles. The normalized spacial score (nSPS) is 16.3. The number of anilines is 1. The topological polar surface area (TPSA) is 24.8 Å². The largest absolute Gasteiger partial charge is 0.496 e. The summed E-state index contributed by atoms with van der Waals surface area (Å²) in [5.74, 6) is 0.560. The maximum Gasteiger partial charge on any atom is 0.124 e. The zero-order valence-corrected chi connectivity index (χ0v) is 15.5. The minimum atomic E-state index is -0.256. The molecule has 5 heteroatoms. The molecule has 0 aromatic heterocycles. The lowest BCUT2D eigenvalue weighted by atomic mass is 9.97. The third kappa shape index (κ3) is 3.53. The average molecular weight is 381 g/mol. The summed E-state index contributed by atoms with van der Waals surface area (Å²) in [4.78, 5) is 0. The molecule has 4 rings (SSSR count). The molecule has 0 saturated heterocycles. The zero-order chi connectivity index (χ0) is 18.8. The summed E-state index contributed by atoms with van der Waals surface area (Å²) in [6.45, 7) is 0. The third-order valence-corrected chi connectivity index (χ3v) is 4.93. The molecule has 27 heavy (non-hydrogen) atoms. The van der Waals surface area contributed by atoms with Crippen LogP contribution in [0.1, 0.15) is 23.6 Å². The number of hydrogen-bond acceptors (Lipinski definition) is 3. The number of methoxy groups -OCH3 is 1. The molecule has 1 atom stereocenters. The second-order valence-electron chi connectivity index (χ2n) is 6.34. The Hall–Kier alpha value is -2.85. The van der Waals surface area contributed by atoms with Crippen molar-refractivity contribution >= 4 is 23.0 Å². The standard InChI is InChI=1S/C22H18ClFN2O/c1-27-22-5-3-2-4-19(22)21-14-20(15-6-10-17(24)11-7-15)25-26(21)18-12-8-16(23)9-13-18/h2-13,21H,14H2,1H3/t21-/m0/s1. The van der Waals surface area contributed by atoms with Gasteiger partial charge < -0.3 is 4.74 Å². The highest BCUT2D eigenvalue weighted by Crippen LogP contribution is 2.40. The maximum atomic E-state index is 13.3. The summed E-state index contributed by atoms with van der Waals surface area (Å²) < 4.78 is 18.9. The quantitative estimate of drug-likeness (QED) is 0.567. The van der Waals surface area contributed by atoms with Crippen molar-refractivity contribution in [2.24, 2.45) is 5.10 Å². The van der Waals surface area contributed by atoms with E-state index in [4.69, 9.17) is 21.4 Å². The molecule has 0 saturated carbocycles. The van der Waals surface area contributed by atoms with E-state index >= 15 is 0 Å². The highest BCUT2D eigenvalue weighted by molar-refractivity contribution is 6.30. The van der Waals surface area contributed by atoms with Gasteiger partial charge in [0.05, 0.1) is 24.6 Å². The fourth-order valence-electron chi connectivity index (χ4n) is 3.34. The third-order valence-electron chi connectivity index (χ3n) is 4.68. The lowest BCUT2D eigenvalue weighted by molar-refractivity contribution is 0.405. The van der Waals surface area contributed by atoms with Crippen molar-refractivity contribution in [3.05, 3.63) is 94.8 Å². The monoisotopic (exact) mass is 380 g/mol. The van der Waals surface area contributed by atoms with E-state index in [2.05, 4.69) is 6.07 Å². The van der Waals surface area contributed by atoms with Gasteiger partial charge in [-0.3, -0.25) is 5.01 Å². The molecular formula is C22H18ClFN2O. The minimum Gasteiger partial charge on any atom is -0.496 e. The van der Waals surface area contributed by atoms with Crippen molar-refractivity contribution in [3.8, 4) is 5.75 Å². The van der Waals surface area contributed by atoms with Crippen LogP contribution in [0.25, 0.3) is 0 Å². The molecule has 0 amide bonds. The molecule has 0 bridgehead atoms. The van der Waals surface area contributed by atoms with Crippen LogP contribution in [0.3, 0.4) is 0 Å². The first kappa shape index (κ1) is 17.6. The van der Waals surface area contributed by atoms with Gasteiger partial charge in [-0.15, -0.1) is 0 Å². The Morgan fingerprint density at radius 2 is 1.70 bits per heavy atom. The van der Waals surface area contributed by atoms with Crippen molar-refractivity contribution in [3.63, 3.8) is 0 Å². The lowest BCUT2D eigenvalue weighted by Gasteiger charge is -2.25. The van der Waals surface area contributed by atoms with Gasteiger partial charge in [0.25, 0.3) is 0 Å². The highest BCUT2D eigenvalue weighted by atomic mass is 35.5. The van der Waals surface area contributed by atoms with E-state index in [1.54, 1.807) is 19.2 Å². The number of halogens is 2. The Labute approximate surface area is 162 Å². The summed E-state index contributed by atoms with van der Waals surface area (Å²) in [5.41, 5.74) is 3.80. The van der Waals surface area contributed by atoms with Crippen molar-refractivity contribution < 1.29 is 9.13 Å². The molecule has 0 unspecified atom stereocenters. The fourth-order valence-corrected chi connectivity index (χ4v) is 3.47. The van der Waals surface area contributed by atoms with Crippen LogP contribution in [0.15, 0.2) is 77.9 Å². The van der Waals surface area contributed by atoms with Crippen molar-refractivity contribution in [1.82, 2.24) is 0 Å². The van der Waals surface area contributed by atoms with Crippen molar-refractivity contribution in [2.75, 3.05) is 12.1 Å². The second kappa shape index (κ2) is 7.41. The molecule has 0 radical (unpaired) electrons. The molecule has 1 aliphatic rings. The SMILES string of the molecule is COc1ccccc1[C@@H]1CC(c2ccc(F)cc2)=NN1c1ccc(Cl)cc1. The first-order valence-corrected chi connectivity index (χ1v) is 9.04. The summed E-state index contributed by atoms with van der Waals surface area (Å²) in [6, 6.07) is 22.0. The molecule has 1 aliphatic heterocycles. The molecular weight excluding hydrogens is 363 g/mol. The van der Waals surface area contributed by atoms with Gasteiger partial charge in [0.15, 0.2) is 0 Å². The van der Waals surface area contributed by atoms with Gasteiger partial charge >= 0.3 is 0 Å². The van der Waals surface area contributed by atoms with E-state index in [0.29, 0.717) is 11.4 Å². The Morgan fingerprint density at radius 3 is 2.41 bits per heavy atom. The van der Waals surface area contributed by atoms with E-state index in [-0.39, 0.29) is 11.9 Å². The van der Waals surface area contributed by atoms with E-state index in [1.807, 2.05) is 47.5 Å². The fraction of sp³-hybridized carbons (Fsp3) is 0.136. The number of benzene rings is 3. The number of nitrogens with zero attached hydrogens (tertiary/aromatic N) is 2. The first-order chi connectivity index (χ1) is 13.2. The predicted octanol–water partition coefficient (Wildman–Crippen LogP) is 5.84. The van der Waals surface area contributed by atoms with Crippen LogP contribution in [0, 0.1) is 5.82 Å². The Kier molecular flexibility index (Phi) is 4.82. The van der Waals surface area contributed by atoms with Crippen LogP contribution in [0.2, 0.25) is 5.02 Å². The highest BCUT2D eigenvalue weighted by Gasteiger charge is 2.31. The molecule has 0 fully saturated rings. The van der Waals surface area contributed by atoms with Gasteiger partial charge in [-0.25, -0.2) is 4.39 Å². The van der Waals surface area contributed by atoms with Crippen LogP contribution in [-0.4, -0.2) is 12.8 Å². The first-order valence-electron chi connectivity index (χ1n) is 8.67. The molecule has 136 valence electrons.